The molecule has 3 saturated heterocycles. The van der Waals surface area contributed by atoms with Crippen molar-refractivity contribution in [3.05, 3.63) is 0 Å². The standard InChI is InChI=1S/C34H45Cl3O21/c1-12(38)46-23-20(9-35)55-33(30(51-17(6)43)26(23)47-13(2)39)58-25-22(11-37)56-34(31(52-18(7)44)28(25)49-15(4)41)57-24-21(10-36)54-32(53-19(8)45)29(50-16(5)42)27(24)48-14(3)40/h20-34H,9-11H2,1-8H3/t20-,21-,22-,23-,24-,25-,26+,27+,28+,29-,30-,31-,32?,33-,34-/m1/s1. The van der Waals surface area contributed by atoms with Gasteiger partial charge < -0.3 is 61.6 Å². The van der Waals surface area contributed by atoms with Crippen LogP contribution in [0.4, 0.5) is 0 Å². The summed E-state index contributed by atoms with van der Waals surface area (Å²) in [4.78, 5) is 98.7. The van der Waals surface area contributed by atoms with Gasteiger partial charge in [-0.05, 0) is 0 Å². The van der Waals surface area contributed by atoms with E-state index in [-0.39, 0.29) is 5.88 Å². The van der Waals surface area contributed by atoms with Gasteiger partial charge >= 0.3 is 47.8 Å². The Morgan fingerprint density at radius 3 is 0.845 bits per heavy atom. The van der Waals surface area contributed by atoms with Gasteiger partial charge in [0.15, 0.2) is 49.2 Å². The molecule has 0 aromatic heterocycles. The highest BCUT2D eigenvalue weighted by atomic mass is 35.5. The molecule has 58 heavy (non-hydrogen) atoms. The number of carbonyl (C=O) groups is 8. The Kier molecular flexibility index (Phi) is 18.6. The Hall–Kier alpha value is -3.57. The zero-order chi connectivity index (χ0) is 43.6. The van der Waals surface area contributed by atoms with Crippen LogP contribution in [0.1, 0.15) is 55.4 Å². The monoisotopic (exact) mass is 894 g/mol. The number of hydrogen-bond acceptors (Lipinski definition) is 21. The van der Waals surface area contributed by atoms with Crippen LogP contribution in [0.25, 0.3) is 0 Å². The predicted octanol–water partition coefficient (Wildman–Crippen LogP) is 0.733. The highest BCUT2D eigenvalue weighted by Crippen LogP contribution is 2.38. The molecule has 0 radical (unpaired) electrons. The van der Waals surface area contributed by atoms with Crippen LogP contribution in [0.2, 0.25) is 0 Å². The Bertz CT molecular complexity index is 1510. The molecule has 0 saturated carbocycles. The van der Waals surface area contributed by atoms with Crippen LogP contribution in [0.15, 0.2) is 0 Å². The molecular weight excluding hydrogens is 851 g/mol. The number of hydrogen-bond donors (Lipinski definition) is 0. The van der Waals surface area contributed by atoms with Crippen LogP contribution in [0.5, 0.6) is 0 Å². The highest BCUT2D eigenvalue weighted by molar-refractivity contribution is 6.18. The summed E-state index contributed by atoms with van der Waals surface area (Å²) in [6.45, 7) is 8.25. The summed E-state index contributed by atoms with van der Waals surface area (Å²) >= 11 is 18.9. The molecule has 328 valence electrons. The zero-order valence-electron chi connectivity index (χ0n) is 32.5. The van der Waals surface area contributed by atoms with Gasteiger partial charge in [0.1, 0.15) is 30.5 Å². The lowest BCUT2D eigenvalue weighted by molar-refractivity contribution is -0.371. The molecule has 0 aromatic carbocycles. The summed E-state index contributed by atoms with van der Waals surface area (Å²) < 4.78 is 74.2. The lowest BCUT2D eigenvalue weighted by Crippen LogP contribution is -2.68. The van der Waals surface area contributed by atoms with Crippen LogP contribution in [-0.4, -0.2) is 158 Å². The van der Waals surface area contributed by atoms with Crippen molar-refractivity contribution in [2.24, 2.45) is 0 Å². The molecule has 0 aromatic rings. The first kappa shape index (κ1) is 48.8. The number of alkyl halides is 3. The normalized spacial score (nSPS) is 34.6. The predicted molar refractivity (Wildman–Crippen MR) is 189 cm³/mol. The second kappa shape index (κ2) is 22.2. The van der Waals surface area contributed by atoms with Gasteiger partial charge in [-0.3, -0.25) is 38.4 Å². The second-order valence-corrected chi connectivity index (χ2v) is 13.8. The molecule has 3 heterocycles. The number of halogens is 3. The van der Waals surface area contributed by atoms with E-state index in [1.54, 1.807) is 0 Å². The lowest BCUT2D eigenvalue weighted by Gasteiger charge is -2.50. The molecule has 0 N–H and O–H groups in total. The van der Waals surface area contributed by atoms with E-state index in [1.165, 1.54) is 0 Å². The van der Waals surface area contributed by atoms with Crippen LogP contribution >= 0.6 is 34.8 Å². The van der Waals surface area contributed by atoms with Gasteiger partial charge in [-0.15, -0.1) is 34.8 Å². The van der Waals surface area contributed by atoms with Crippen molar-refractivity contribution in [3.63, 3.8) is 0 Å². The van der Waals surface area contributed by atoms with E-state index in [4.69, 9.17) is 96.4 Å². The third kappa shape index (κ3) is 13.2. The maximum Gasteiger partial charge on any atom is 0.305 e. The van der Waals surface area contributed by atoms with Gasteiger partial charge in [0.25, 0.3) is 0 Å². The number of esters is 8. The fourth-order valence-electron chi connectivity index (χ4n) is 6.39. The molecule has 0 spiro atoms. The van der Waals surface area contributed by atoms with Gasteiger partial charge in [0, 0.05) is 55.4 Å². The van der Waals surface area contributed by atoms with E-state index in [1.807, 2.05) is 0 Å². The maximum atomic E-state index is 12.7. The summed E-state index contributed by atoms with van der Waals surface area (Å²) in [6.07, 6.45) is -23.8. The van der Waals surface area contributed by atoms with E-state index in [0.717, 1.165) is 55.4 Å². The molecule has 0 aliphatic carbocycles. The Morgan fingerprint density at radius 2 is 0.552 bits per heavy atom. The number of ether oxygens (including phenoxy) is 13. The second-order valence-electron chi connectivity index (χ2n) is 12.9. The first-order valence-electron chi connectivity index (χ1n) is 17.5. The fourth-order valence-corrected chi connectivity index (χ4v) is 7.13. The van der Waals surface area contributed by atoms with Crippen molar-refractivity contribution >= 4 is 82.6 Å². The number of rotatable bonds is 15. The highest BCUT2D eigenvalue weighted by Gasteiger charge is 2.59. The Morgan fingerprint density at radius 1 is 0.328 bits per heavy atom. The summed E-state index contributed by atoms with van der Waals surface area (Å²) in [6, 6.07) is 0. The third-order valence-electron chi connectivity index (χ3n) is 8.21. The van der Waals surface area contributed by atoms with Crippen molar-refractivity contribution < 1.29 is 99.9 Å². The molecule has 21 nitrogen and oxygen atoms in total. The van der Waals surface area contributed by atoms with Crippen LogP contribution in [-0.2, 0) is 99.9 Å². The van der Waals surface area contributed by atoms with E-state index in [9.17, 15) is 38.4 Å². The van der Waals surface area contributed by atoms with Crippen molar-refractivity contribution in [2.45, 2.75) is 148 Å². The average molecular weight is 896 g/mol. The van der Waals surface area contributed by atoms with Gasteiger partial charge in [0.2, 0.25) is 12.4 Å². The van der Waals surface area contributed by atoms with Gasteiger partial charge in [-0.2, -0.15) is 0 Å². The summed E-state index contributed by atoms with van der Waals surface area (Å²) in [5, 5.41) is 0. The van der Waals surface area contributed by atoms with Crippen LogP contribution < -0.4 is 0 Å². The summed E-state index contributed by atoms with van der Waals surface area (Å²) in [5.41, 5.74) is 0. The van der Waals surface area contributed by atoms with Crippen molar-refractivity contribution in [1.29, 1.82) is 0 Å². The fraction of sp³-hybridized carbons (Fsp3) is 0.765. The van der Waals surface area contributed by atoms with E-state index < -0.39 is 152 Å². The van der Waals surface area contributed by atoms with Crippen molar-refractivity contribution in [3.8, 4) is 0 Å². The first-order valence-corrected chi connectivity index (χ1v) is 19.1. The lowest BCUT2D eigenvalue weighted by atomic mass is 9.95. The minimum absolute atomic E-state index is 0.386. The van der Waals surface area contributed by atoms with E-state index in [0.29, 0.717) is 0 Å². The van der Waals surface area contributed by atoms with Crippen LogP contribution in [0.3, 0.4) is 0 Å². The third-order valence-corrected chi connectivity index (χ3v) is 9.12. The van der Waals surface area contributed by atoms with Crippen molar-refractivity contribution in [2.75, 3.05) is 17.6 Å². The largest absolute Gasteiger partial charge is 0.456 e. The Labute approximate surface area is 346 Å². The molecule has 3 aliphatic rings. The molecule has 3 fully saturated rings. The molecule has 3 aliphatic heterocycles. The van der Waals surface area contributed by atoms with Crippen LogP contribution in [0, 0.1) is 0 Å². The average Bonchev–Trinajstić information content (AvgIpc) is 3.09. The summed E-state index contributed by atoms with van der Waals surface area (Å²) in [5.74, 6) is -8.52. The molecular formula is C34H45Cl3O21. The maximum absolute atomic E-state index is 12.7. The Balaban J connectivity index is 2.15. The number of carbonyl (C=O) groups excluding carboxylic acids is 8. The molecule has 24 heteroatoms. The smallest absolute Gasteiger partial charge is 0.305 e. The van der Waals surface area contributed by atoms with E-state index in [2.05, 4.69) is 0 Å². The molecule has 3 rings (SSSR count). The van der Waals surface area contributed by atoms with E-state index >= 15 is 0 Å². The molecule has 0 bridgehead atoms. The van der Waals surface area contributed by atoms with Gasteiger partial charge in [0.05, 0.1) is 17.6 Å². The molecule has 15 atom stereocenters. The van der Waals surface area contributed by atoms with Gasteiger partial charge in [-0.1, -0.05) is 0 Å². The molecule has 0 amide bonds. The zero-order valence-corrected chi connectivity index (χ0v) is 34.8. The van der Waals surface area contributed by atoms with Gasteiger partial charge in [-0.25, -0.2) is 0 Å². The minimum Gasteiger partial charge on any atom is -0.456 e. The topological polar surface area (TPSA) is 257 Å². The molecule has 1 unspecified atom stereocenters. The minimum atomic E-state index is -1.81. The van der Waals surface area contributed by atoms with Crippen molar-refractivity contribution in [1.82, 2.24) is 0 Å². The quantitative estimate of drug-likeness (QED) is 0.125. The SMILES string of the molecule is CC(=O)OC1O[C@H](CCl)[C@@H](O[C@H]2O[C@H](CCl)[C@@H](O[C@H]3O[C@H](CCl)[C@@H](OC(C)=O)[C@H](OC(C)=O)[C@H]3OC(C)=O)[C@H](OC(C)=O)[C@H]2OC(C)=O)[C@H](OC(C)=O)[C@H]1OC(C)=O. The first-order chi connectivity index (χ1) is 27.2. The summed E-state index contributed by atoms with van der Waals surface area (Å²) in [7, 11) is 0.